The molecule has 0 radical (unpaired) electrons. The summed E-state index contributed by atoms with van der Waals surface area (Å²) < 4.78 is 74.2. The zero-order valence-corrected chi connectivity index (χ0v) is 16.5. The fourth-order valence-corrected chi connectivity index (χ4v) is 3.10. The van der Waals surface area contributed by atoms with Crippen LogP contribution >= 0.6 is 11.6 Å². The number of aromatic nitrogens is 1. The molecule has 32 heavy (non-hydrogen) atoms. The molecule has 6 nitrogen and oxygen atoms in total. The minimum Gasteiger partial charge on any atom is -0.365 e. The molecule has 1 amide bonds. The fourth-order valence-electron chi connectivity index (χ4n) is 2.85. The average Bonchev–Trinajstić information content (AvgIpc) is 3.12. The number of nitrogens with one attached hydrogen (secondary N) is 2. The van der Waals surface area contributed by atoms with Crippen LogP contribution in [-0.2, 0) is 0 Å². The van der Waals surface area contributed by atoms with Crippen LogP contribution < -0.4 is 11.1 Å². The summed E-state index contributed by atoms with van der Waals surface area (Å²) in [6.07, 6.45) is -4.87. The summed E-state index contributed by atoms with van der Waals surface area (Å²) in [4.78, 5) is 12.1. The van der Waals surface area contributed by atoms with E-state index >= 15 is 0 Å². The molecule has 0 aliphatic carbocycles. The second-order valence-corrected chi connectivity index (χ2v) is 6.67. The van der Waals surface area contributed by atoms with Gasteiger partial charge in [0.2, 0.25) is 0 Å². The first kappa shape index (κ1) is 22.9. The van der Waals surface area contributed by atoms with Gasteiger partial charge in [-0.25, -0.2) is 8.78 Å². The number of amides is 1. The number of hydrogen-bond donors (Lipinski definition) is 3. The third-order valence-corrected chi connectivity index (χ3v) is 4.49. The summed E-state index contributed by atoms with van der Waals surface area (Å²) in [5.74, 6) is -3.91. The molecule has 0 atom stereocenters. The van der Waals surface area contributed by atoms with Gasteiger partial charge in [-0.15, -0.1) is 0 Å². The van der Waals surface area contributed by atoms with Crippen LogP contribution in [0.1, 0.15) is 16.1 Å². The number of anilines is 1. The van der Waals surface area contributed by atoms with E-state index in [-0.39, 0.29) is 16.9 Å². The van der Waals surface area contributed by atoms with E-state index in [0.29, 0.717) is 0 Å². The van der Waals surface area contributed by atoms with E-state index in [9.17, 15) is 26.7 Å². The number of primary amides is 1. The zero-order chi connectivity index (χ0) is 23.6. The normalized spacial score (nSPS) is 12.3. The van der Waals surface area contributed by atoms with Gasteiger partial charge in [0, 0.05) is 11.9 Å². The number of halogens is 6. The molecule has 0 unspecified atom stereocenters. The predicted octanol–water partition coefficient (Wildman–Crippen LogP) is 5.41. The van der Waals surface area contributed by atoms with Crippen molar-refractivity contribution in [1.82, 2.24) is 5.16 Å². The van der Waals surface area contributed by atoms with Crippen molar-refractivity contribution in [1.29, 1.82) is 5.41 Å². The molecule has 4 N–H and O–H groups in total. The Morgan fingerprint density at radius 1 is 1.19 bits per heavy atom. The molecule has 166 valence electrons. The second-order valence-electron chi connectivity index (χ2n) is 6.26. The van der Waals surface area contributed by atoms with Gasteiger partial charge in [-0.3, -0.25) is 4.79 Å². The first-order valence-corrected chi connectivity index (χ1v) is 9.01. The van der Waals surface area contributed by atoms with Crippen molar-refractivity contribution in [3.63, 3.8) is 0 Å². The topological polar surface area (TPSA) is 105 Å². The second kappa shape index (κ2) is 8.79. The lowest BCUT2D eigenvalue weighted by Crippen LogP contribution is -2.23. The predicted molar refractivity (Wildman–Crippen MR) is 107 cm³/mol. The first-order chi connectivity index (χ1) is 15.0. The van der Waals surface area contributed by atoms with Crippen molar-refractivity contribution in [3.8, 4) is 11.3 Å². The van der Waals surface area contributed by atoms with E-state index in [2.05, 4.69) is 5.16 Å². The Kier molecular flexibility index (Phi) is 6.30. The van der Waals surface area contributed by atoms with Crippen LogP contribution in [0.25, 0.3) is 16.8 Å². The van der Waals surface area contributed by atoms with Crippen LogP contribution in [0.4, 0.5) is 27.6 Å². The highest BCUT2D eigenvalue weighted by atomic mass is 35.5. The third kappa shape index (κ3) is 4.47. The maximum absolute atomic E-state index is 14.3. The smallest absolute Gasteiger partial charge is 0.365 e. The molecule has 0 saturated carbocycles. The van der Waals surface area contributed by atoms with Gasteiger partial charge in [0.15, 0.2) is 5.76 Å². The number of carbonyl (C=O) groups is 1. The van der Waals surface area contributed by atoms with Crippen molar-refractivity contribution in [2.24, 2.45) is 5.73 Å². The van der Waals surface area contributed by atoms with Gasteiger partial charge in [-0.05, 0) is 30.3 Å². The molecule has 2 aromatic carbocycles. The Morgan fingerprint density at radius 3 is 2.44 bits per heavy atom. The molecule has 3 rings (SSSR count). The van der Waals surface area contributed by atoms with E-state index in [1.165, 1.54) is 12.1 Å². The Morgan fingerprint density at radius 2 is 1.88 bits per heavy atom. The number of hydrogen-bond acceptors (Lipinski definition) is 5. The van der Waals surface area contributed by atoms with Crippen LogP contribution in [0.5, 0.6) is 0 Å². The Labute approximate surface area is 182 Å². The molecule has 1 heterocycles. The van der Waals surface area contributed by atoms with Gasteiger partial charge in [-0.2, -0.15) is 13.2 Å². The fraction of sp³-hybridized carbons (Fsp3) is 0.0500. The lowest BCUT2D eigenvalue weighted by molar-refractivity contribution is -0.0896. The minimum absolute atomic E-state index is 0.207. The Hall–Kier alpha value is -3.73. The van der Waals surface area contributed by atoms with Crippen LogP contribution in [0.3, 0.4) is 0 Å². The molecule has 1 aromatic heterocycles. The minimum atomic E-state index is -5.11. The van der Waals surface area contributed by atoms with E-state index in [1.807, 2.05) is 5.32 Å². The highest BCUT2D eigenvalue weighted by Gasteiger charge is 2.39. The van der Waals surface area contributed by atoms with Crippen LogP contribution in [-0.4, -0.2) is 23.5 Å². The largest absolute Gasteiger partial charge is 0.432 e. The van der Waals surface area contributed by atoms with Crippen molar-refractivity contribution >= 4 is 35.0 Å². The van der Waals surface area contributed by atoms with Gasteiger partial charge < -0.3 is 21.0 Å². The number of alkyl halides is 3. The molecular weight excluding hydrogens is 459 g/mol. The van der Waals surface area contributed by atoms with E-state index in [1.54, 1.807) is 0 Å². The van der Waals surface area contributed by atoms with Gasteiger partial charge in [-0.1, -0.05) is 28.9 Å². The molecule has 0 fully saturated rings. The number of nitrogens with two attached hydrogens (primary N) is 1. The highest BCUT2D eigenvalue weighted by molar-refractivity contribution is 6.33. The van der Waals surface area contributed by atoms with Crippen LogP contribution in [0.2, 0.25) is 5.02 Å². The number of benzene rings is 2. The number of rotatable bonds is 6. The van der Waals surface area contributed by atoms with Crippen molar-refractivity contribution in [2.45, 2.75) is 6.18 Å². The van der Waals surface area contributed by atoms with Crippen LogP contribution in [0, 0.1) is 17.0 Å². The maximum Gasteiger partial charge on any atom is 0.432 e. The lowest BCUT2D eigenvalue weighted by Gasteiger charge is -2.17. The average molecular weight is 471 g/mol. The van der Waals surface area contributed by atoms with Crippen molar-refractivity contribution in [3.05, 3.63) is 76.1 Å². The zero-order valence-electron chi connectivity index (χ0n) is 15.7. The number of nitrogens with zero attached hydrogens (tertiary/aromatic N) is 1. The van der Waals surface area contributed by atoms with Crippen LogP contribution in [0.15, 0.2) is 52.7 Å². The SMILES string of the molecule is N=C/C(=C(\Nc1cccc(F)c1)C(F)(F)F)c1onc(-c2c(F)cccc2Cl)c1C(N)=O. The summed E-state index contributed by atoms with van der Waals surface area (Å²) in [6.45, 7) is 0. The van der Waals surface area contributed by atoms with Gasteiger partial charge in [0.05, 0.1) is 16.2 Å². The molecule has 0 bridgehead atoms. The summed E-state index contributed by atoms with van der Waals surface area (Å²) in [5.41, 5.74) is 0.784. The molecule has 0 aliphatic heterocycles. The monoisotopic (exact) mass is 470 g/mol. The molecule has 0 saturated heterocycles. The Bertz CT molecular complexity index is 1220. The third-order valence-electron chi connectivity index (χ3n) is 4.17. The van der Waals surface area contributed by atoms with Gasteiger partial charge >= 0.3 is 6.18 Å². The van der Waals surface area contributed by atoms with E-state index in [0.717, 1.165) is 30.3 Å². The van der Waals surface area contributed by atoms with Gasteiger partial charge in [0.1, 0.15) is 28.6 Å². The Balaban J connectivity index is 2.29. The maximum atomic E-state index is 14.3. The van der Waals surface area contributed by atoms with Gasteiger partial charge in [0.25, 0.3) is 5.91 Å². The number of carbonyl (C=O) groups excluding carboxylic acids is 1. The summed E-state index contributed by atoms with van der Waals surface area (Å²) >= 11 is 5.96. The van der Waals surface area contributed by atoms with E-state index in [4.69, 9.17) is 27.3 Å². The quantitative estimate of drug-likeness (QED) is 0.331. The standard InChI is InChI=1S/C20H12ClF5N4O2/c21-12-5-2-6-13(23)14(12)16-15(19(28)31)17(32-30-16)11(8-27)18(20(24,25)26)29-10-4-1-3-9(22)7-10/h1-8,27,29H,(H2,28,31)/b18-11+,27-8?. The summed E-state index contributed by atoms with van der Waals surface area (Å²) in [5, 5.41) is 12.8. The van der Waals surface area contributed by atoms with Crippen molar-refractivity contribution < 1.29 is 31.3 Å². The highest BCUT2D eigenvalue weighted by Crippen LogP contribution is 2.38. The molecule has 0 aliphatic rings. The first-order valence-electron chi connectivity index (χ1n) is 8.63. The van der Waals surface area contributed by atoms with E-state index < -0.39 is 57.6 Å². The van der Waals surface area contributed by atoms with Crippen molar-refractivity contribution in [2.75, 3.05) is 5.32 Å². The summed E-state index contributed by atoms with van der Waals surface area (Å²) in [7, 11) is 0. The molecule has 0 spiro atoms. The number of allylic oxidation sites excluding steroid dienone is 2. The molecule has 3 aromatic rings. The summed E-state index contributed by atoms with van der Waals surface area (Å²) in [6, 6.07) is 7.63. The lowest BCUT2D eigenvalue weighted by atomic mass is 10.0. The molecular formula is C20H12ClF5N4O2. The molecule has 12 heteroatoms.